The van der Waals surface area contributed by atoms with Crippen molar-refractivity contribution < 1.29 is 63.9 Å². The summed E-state index contributed by atoms with van der Waals surface area (Å²) in [7, 11) is 0. The number of aliphatic hydroxyl groups is 5. The first-order valence-electron chi connectivity index (χ1n) is 15.1. The zero-order chi connectivity index (χ0) is 30.8. The van der Waals surface area contributed by atoms with E-state index in [-0.39, 0.29) is 18.9 Å². The van der Waals surface area contributed by atoms with Crippen LogP contribution < -0.4 is 0 Å². The predicted octanol–water partition coefficient (Wildman–Crippen LogP) is -0.148. The number of carbonyl (C=O) groups is 1. The molecule has 3 aliphatic heterocycles. The van der Waals surface area contributed by atoms with E-state index in [9.17, 15) is 35.4 Å². The van der Waals surface area contributed by atoms with E-state index in [1.165, 1.54) is 0 Å². The molecule has 14 unspecified atom stereocenters. The lowest BCUT2D eigenvalue weighted by Gasteiger charge is -2.48. The van der Waals surface area contributed by atoms with Gasteiger partial charge < -0.3 is 59.1 Å². The first kappa shape index (κ1) is 32.6. The van der Waals surface area contributed by atoms with E-state index in [1.807, 2.05) is 19.1 Å². The number of benzene rings is 1. The molecule has 3 fully saturated rings. The van der Waals surface area contributed by atoms with Crippen molar-refractivity contribution in [3.8, 4) is 0 Å². The zero-order valence-corrected chi connectivity index (χ0v) is 24.4. The normalized spacial score (nSPS) is 43.9. The fourth-order valence-corrected chi connectivity index (χ4v) is 6.60. The van der Waals surface area contributed by atoms with E-state index in [4.69, 9.17) is 28.4 Å². The molecule has 13 nitrogen and oxygen atoms in total. The van der Waals surface area contributed by atoms with E-state index < -0.39 is 92.3 Å². The van der Waals surface area contributed by atoms with Gasteiger partial charge in [-0.25, -0.2) is 4.79 Å². The summed E-state index contributed by atoms with van der Waals surface area (Å²) >= 11 is 0. The Balaban J connectivity index is 1.42. The van der Waals surface area contributed by atoms with E-state index in [2.05, 4.69) is 0 Å². The Morgan fingerprint density at radius 3 is 2.35 bits per heavy atom. The lowest BCUT2D eigenvalue weighted by molar-refractivity contribution is -0.353. The third-order valence-corrected chi connectivity index (χ3v) is 9.18. The average Bonchev–Trinajstić information content (AvgIpc) is 3.08. The summed E-state index contributed by atoms with van der Waals surface area (Å²) in [6, 6.07) is 7.26. The Kier molecular flexibility index (Phi) is 10.7. The molecule has 242 valence electrons. The molecule has 0 bridgehead atoms. The molecule has 1 aliphatic carbocycles. The maximum atomic E-state index is 12.2. The fourth-order valence-electron chi connectivity index (χ4n) is 6.60. The molecule has 4 aliphatic rings. The van der Waals surface area contributed by atoms with Gasteiger partial charge in [-0.2, -0.15) is 0 Å². The highest BCUT2D eigenvalue weighted by Crippen LogP contribution is 2.38. The minimum absolute atomic E-state index is 0.00608. The standard InChI is InChI=1S/C30H44O13/c1-3-15-9-6-10-18(25(15)43-29-24(35)23(34)21(32)14(2)39-29)41-30-27-26(22(33)20(12-31)42-30)40-19(28(36)37)11-16-7-4-5-8-17(16)13-38-27/h4-5,7-8,14-15,18-27,29-35H,3,6,9-13H2,1-2H3,(H,36,37). The molecule has 6 N–H and O–H groups in total. The van der Waals surface area contributed by atoms with Crippen LogP contribution in [-0.4, -0.2) is 123 Å². The summed E-state index contributed by atoms with van der Waals surface area (Å²) in [6.45, 7) is 3.09. The predicted molar refractivity (Wildman–Crippen MR) is 147 cm³/mol. The zero-order valence-electron chi connectivity index (χ0n) is 24.4. The molecule has 0 aromatic heterocycles. The second-order valence-electron chi connectivity index (χ2n) is 11.9. The molecule has 14 atom stereocenters. The maximum absolute atomic E-state index is 12.2. The summed E-state index contributed by atoms with van der Waals surface area (Å²) in [6.07, 6.45) is -11.8. The van der Waals surface area contributed by atoms with Crippen molar-refractivity contribution in [1.29, 1.82) is 0 Å². The third-order valence-electron chi connectivity index (χ3n) is 9.18. The summed E-state index contributed by atoms with van der Waals surface area (Å²) < 4.78 is 36.8. The van der Waals surface area contributed by atoms with Gasteiger partial charge in [-0.05, 0) is 36.8 Å². The maximum Gasteiger partial charge on any atom is 0.333 e. The van der Waals surface area contributed by atoms with Gasteiger partial charge in [-0.3, -0.25) is 0 Å². The molecule has 1 aromatic carbocycles. The molecule has 1 aromatic rings. The lowest BCUT2D eigenvalue weighted by Crippen LogP contribution is -2.63. The number of carboxylic acids is 1. The van der Waals surface area contributed by atoms with Gasteiger partial charge >= 0.3 is 5.97 Å². The molecule has 0 radical (unpaired) electrons. The topological polar surface area (TPSA) is 194 Å². The van der Waals surface area contributed by atoms with Crippen molar-refractivity contribution in [3.05, 3.63) is 35.4 Å². The minimum atomic E-state index is -1.49. The SMILES string of the molecule is CCC1CCCC(OC2OC(CO)C(O)C3OC(C(=O)O)Cc4ccccc4COC23)C1OC1OC(C)C(O)C(O)C1O. The number of hydrogen-bond acceptors (Lipinski definition) is 12. The van der Waals surface area contributed by atoms with Crippen molar-refractivity contribution in [2.24, 2.45) is 5.92 Å². The Hall–Kier alpha value is -1.75. The molecule has 0 spiro atoms. The number of rotatable bonds is 7. The van der Waals surface area contributed by atoms with Crippen LogP contribution in [0.4, 0.5) is 0 Å². The molecule has 2 saturated heterocycles. The van der Waals surface area contributed by atoms with Crippen LogP contribution >= 0.6 is 0 Å². The van der Waals surface area contributed by atoms with Crippen LogP contribution in [-0.2, 0) is 46.2 Å². The second kappa shape index (κ2) is 14.1. The van der Waals surface area contributed by atoms with E-state index in [0.29, 0.717) is 6.42 Å². The van der Waals surface area contributed by atoms with E-state index in [1.54, 1.807) is 19.1 Å². The Labute approximate surface area is 250 Å². The van der Waals surface area contributed by atoms with Gasteiger partial charge in [0, 0.05) is 6.42 Å². The molecular formula is C30H44O13. The molecule has 0 amide bonds. The number of aliphatic hydroxyl groups excluding tert-OH is 5. The van der Waals surface area contributed by atoms with Gasteiger partial charge in [0.25, 0.3) is 0 Å². The van der Waals surface area contributed by atoms with Crippen molar-refractivity contribution in [1.82, 2.24) is 0 Å². The lowest BCUT2D eigenvalue weighted by atomic mass is 9.82. The van der Waals surface area contributed by atoms with Crippen molar-refractivity contribution >= 4 is 5.97 Å². The number of fused-ring (bicyclic) bond motifs is 2. The summed E-state index contributed by atoms with van der Waals surface area (Å²) in [5, 5.41) is 62.3. The van der Waals surface area contributed by atoms with Crippen LogP contribution in [0.25, 0.3) is 0 Å². The number of hydrogen-bond donors (Lipinski definition) is 6. The molecule has 3 heterocycles. The van der Waals surface area contributed by atoms with Gasteiger partial charge in [0.1, 0.15) is 42.7 Å². The van der Waals surface area contributed by atoms with Crippen LogP contribution in [0.2, 0.25) is 0 Å². The molecule has 13 heteroatoms. The average molecular weight is 613 g/mol. The highest BCUT2D eigenvalue weighted by atomic mass is 16.7. The first-order valence-corrected chi connectivity index (χ1v) is 15.1. The van der Waals surface area contributed by atoms with Gasteiger partial charge in [-0.15, -0.1) is 0 Å². The minimum Gasteiger partial charge on any atom is -0.479 e. The highest BCUT2D eigenvalue weighted by molar-refractivity contribution is 5.73. The quantitative estimate of drug-likeness (QED) is 0.238. The van der Waals surface area contributed by atoms with Gasteiger partial charge in [0.2, 0.25) is 0 Å². The number of carboxylic acid groups (broad SMARTS) is 1. The van der Waals surface area contributed by atoms with E-state index >= 15 is 0 Å². The Morgan fingerprint density at radius 1 is 0.907 bits per heavy atom. The summed E-state index contributed by atoms with van der Waals surface area (Å²) in [4.78, 5) is 12.2. The fraction of sp³-hybridized carbons (Fsp3) is 0.767. The first-order chi connectivity index (χ1) is 20.6. The molecule has 43 heavy (non-hydrogen) atoms. The summed E-state index contributed by atoms with van der Waals surface area (Å²) in [5.74, 6) is -1.21. The van der Waals surface area contributed by atoms with Gasteiger partial charge in [0.15, 0.2) is 18.7 Å². The Bertz CT molecular complexity index is 1070. The van der Waals surface area contributed by atoms with Crippen LogP contribution in [0.15, 0.2) is 24.3 Å². The largest absolute Gasteiger partial charge is 0.479 e. The molecule has 1 saturated carbocycles. The van der Waals surface area contributed by atoms with Crippen LogP contribution in [0.5, 0.6) is 0 Å². The number of aliphatic carboxylic acids is 1. The van der Waals surface area contributed by atoms with Crippen molar-refractivity contribution in [2.45, 2.75) is 132 Å². The molecule has 5 rings (SSSR count). The van der Waals surface area contributed by atoms with Crippen LogP contribution in [0, 0.1) is 5.92 Å². The van der Waals surface area contributed by atoms with Gasteiger partial charge in [-0.1, -0.05) is 44.0 Å². The van der Waals surface area contributed by atoms with Crippen molar-refractivity contribution in [2.75, 3.05) is 6.61 Å². The van der Waals surface area contributed by atoms with Crippen molar-refractivity contribution in [3.63, 3.8) is 0 Å². The molecular weight excluding hydrogens is 568 g/mol. The Morgan fingerprint density at radius 2 is 1.65 bits per heavy atom. The van der Waals surface area contributed by atoms with Crippen LogP contribution in [0.1, 0.15) is 50.7 Å². The van der Waals surface area contributed by atoms with E-state index in [0.717, 1.165) is 30.4 Å². The highest BCUT2D eigenvalue weighted by Gasteiger charge is 2.52. The second-order valence-corrected chi connectivity index (χ2v) is 11.9. The monoisotopic (exact) mass is 612 g/mol. The summed E-state index contributed by atoms with van der Waals surface area (Å²) in [5.41, 5.74) is 1.50. The van der Waals surface area contributed by atoms with Gasteiger partial charge in [0.05, 0.1) is 31.5 Å². The van der Waals surface area contributed by atoms with Crippen LogP contribution in [0.3, 0.4) is 0 Å². The smallest absolute Gasteiger partial charge is 0.333 e. The third kappa shape index (κ3) is 6.92. The number of ether oxygens (including phenoxy) is 6.